The predicted molar refractivity (Wildman–Crippen MR) is 223 cm³/mol. The van der Waals surface area contributed by atoms with E-state index in [-0.39, 0.29) is 10.8 Å². The van der Waals surface area contributed by atoms with E-state index in [1.54, 1.807) is 0 Å². The summed E-state index contributed by atoms with van der Waals surface area (Å²) in [6, 6.07) is 43.6. The van der Waals surface area contributed by atoms with Crippen molar-refractivity contribution in [1.29, 1.82) is 0 Å². The van der Waals surface area contributed by atoms with Crippen LogP contribution in [0.25, 0.3) is 33.1 Å². The summed E-state index contributed by atoms with van der Waals surface area (Å²) in [6.45, 7) is 17.5. The van der Waals surface area contributed by atoms with Gasteiger partial charge in [0.15, 0.2) is 0 Å². The summed E-state index contributed by atoms with van der Waals surface area (Å²) in [5.74, 6) is 2.45. The van der Waals surface area contributed by atoms with Gasteiger partial charge in [0.1, 0.15) is 34.2 Å². The molecule has 0 aliphatic heterocycles. The molecule has 6 nitrogen and oxygen atoms in total. The fourth-order valence-electron chi connectivity index (χ4n) is 6.35. The van der Waals surface area contributed by atoms with Crippen molar-refractivity contribution in [3.05, 3.63) is 156 Å². The lowest BCUT2D eigenvalue weighted by molar-refractivity contribution is 0.388. The van der Waals surface area contributed by atoms with Crippen molar-refractivity contribution in [2.24, 2.45) is 0 Å². The van der Waals surface area contributed by atoms with E-state index in [0.717, 1.165) is 55.3 Å². The van der Waals surface area contributed by atoms with Gasteiger partial charge < -0.3 is 26.5 Å². The van der Waals surface area contributed by atoms with E-state index >= 15 is 0 Å². The Hall–Kier alpha value is -5.15. The first-order valence-corrected chi connectivity index (χ1v) is 20.3. The van der Waals surface area contributed by atoms with Crippen molar-refractivity contribution < 1.29 is 26.5 Å². The van der Waals surface area contributed by atoms with Crippen LogP contribution in [0.5, 0.6) is 23.0 Å². The third-order valence-electron chi connectivity index (χ3n) is 8.96. The van der Waals surface area contributed by atoms with Gasteiger partial charge in [0.05, 0.1) is 0 Å². The molecule has 1 heterocycles. The van der Waals surface area contributed by atoms with Crippen LogP contribution in [0.1, 0.15) is 63.8 Å². The third kappa shape index (κ3) is 8.31. The molecule has 1 aromatic heterocycles. The van der Waals surface area contributed by atoms with Crippen molar-refractivity contribution in [2.75, 3.05) is 0 Å². The van der Waals surface area contributed by atoms with Crippen LogP contribution < -0.4 is 18.1 Å². The van der Waals surface area contributed by atoms with Crippen LogP contribution in [0.15, 0.2) is 142 Å². The van der Waals surface area contributed by atoms with Gasteiger partial charge in [-0.25, -0.2) is 0 Å². The van der Waals surface area contributed by atoms with Crippen LogP contribution in [0, 0.1) is 13.8 Å². The third-order valence-corrected chi connectivity index (χ3v) is 11.0. The fraction of sp³-hybridized carbons (Fsp3) is 0.217. The SMILES string of the molecule is Cc1cc(C(C)(C)C)c2op(Oc3ccccc3-c3ccccc3OP(Oc3ccccc3)Oc3ccccc3)oc3c(C(C)(C)C)cc(C)cc3c2c1. The van der Waals surface area contributed by atoms with Crippen molar-refractivity contribution in [2.45, 2.75) is 66.2 Å². The fourth-order valence-corrected chi connectivity index (χ4v) is 8.49. The monoisotopic (exact) mass is 756 g/mol. The van der Waals surface area contributed by atoms with Crippen LogP contribution in [0.3, 0.4) is 0 Å². The van der Waals surface area contributed by atoms with Crippen LogP contribution in [0.4, 0.5) is 0 Å². The molecule has 0 unspecified atom stereocenters. The molecule has 0 fully saturated rings. The van der Waals surface area contributed by atoms with Crippen molar-refractivity contribution >= 4 is 38.8 Å². The second-order valence-corrected chi connectivity index (χ2v) is 17.5. The Morgan fingerprint density at radius 1 is 0.481 bits per heavy atom. The summed E-state index contributed by atoms with van der Waals surface area (Å²) >= 11 is 0. The van der Waals surface area contributed by atoms with Gasteiger partial charge in [0.25, 0.3) is 0 Å². The maximum Gasteiger partial charge on any atom is 0.530 e. The highest BCUT2D eigenvalue weighted by Gasteiger charge is 2.27. The highest BCUT2D eigenvalue weighted by atomic mass is 31.2. The summed E-state index contributed by atoms with van der Waals surface area (Å²) in [4.78, 5) is 0. The Morgan fingerprint density at radius 2 is 0.889 bits per heavy atom. The van der Waals surface area contributed by atoms with Crippen molar-refractivity contribution in [3.63, 3.8) is 0 Å². The molecule has 0 aliphatic rings. The van der Waals surface area contributed by atoms with E-state index in [1.807, 2.05) is 109 Å². The molecule has 0 N–H and O–H groups in total. The number of rotatable bonds is 9. The Morgan fingerprint density at radius 3 is 1.35 bits per heavy atom. The number of fused-ring (bicyclic) bond motifs is 3. The van der Waals surface area contributed by atoms with Crippen LogP contribution in [0.2, 0.25) is 0 Å². The molecule has 0 radical (unpaired) electrons. The lowest BCUT2D eigenvalue weighted by Crippen LogP contribution is -2.12. The number of benzene rings is 6. The molecule has 0 aliphatic carbocycles. The zero-order valence-corrected chi connectivity index (χ0v) is 33.8. The molecule has 7 rings (SSSR count). The number of hydrogen-bond acceptors (Lipinski definition) is 6. The number of hydrogen-bond donors (Lipinski definition) is 0. The van der Waals surface area contributed by atoms with Gasteiger partial charge in [0, 0.05) is 33.0 Å². The molecular formula is C46H46O6P2. The maximum atomic E-state index is 6.93. The van der Waals surface area contributed by atoms with Gasteiger partial charge in [-0.3, -0.25) is 0 Å². The quantitative estimate of drug-likeness (QED) is 0.137. The minimum absolute atomic E-state index is 0.200. The Labute approximate surface area is 320 Å². The normalized spacial score (nSPS) is 11.9. The van der Waals surface area contributed by atoms with E-state index in [4.69, 9.17) is 26.5 Å². The van der Waals surface area contributed by atoms with Crippen LogP contribution in [-0.4, -0.2) is 0 Å². The lowest BCUT2D eigenvalue weighted by Gasteiger charge is -2.21. The highest BCUT2D eigenvalue weighted by molar-refractivity contribution is 7.43. The highest BCUT2D eigenvalue weighted by Crippen LogP contribution is 2.49. The lowest BCUT2D eigenvalue weighted by atomic mass is 9.83. The van der Waals surface area contributed by atoms with Crippen molar-refractivity contribution in [3.8, 4) is 34.1 Å². The molecule has 0 atom stereocenters. The van der Waals surface area contributed by atoms with Gasteiger partial charge in [0.2, 0.25) is 0 Å². The second kappa shape index (κ2) is 15.3. The molecule has 8 heteroatoms. The molecule has 6 aromatic carbocycles. The Kier molecular flexibility index (Phi) is 10.5. The summed E-state index contributed by atoms with van der Waals surface area (Å²) < 4.78 is 39.9. The topological polar surface area (TPSA) is 63.2 Å². The van der Waals surface area contributed by atoms with E-state index < -0.39 is 16.8 Å². The van der Waals surface area contributed by atoms with Gasteiger partial charge in [-0.05, 0) is 84.3 Å². The minimum atomic E-state index is -1.98. The van der Waals surface area contributed by atoms with Gasteiger partial charge in [-0.1, -0.05) is 126 Å². The first-order chi connectivity index (χ1) is 25.8. The Balaban J connectivity index is 1.37. The average molecular weight is 757 g/mol. The second-order valence-electron chi connectivity index (χ2n) is 15.5. The number of aryl methyl sites for hydroxylation is 2. The largest absolute Gasteiger partial charge is 0.530 e. The molecule has 0 saturated heterocycles. The van der Waals surface area contributed by atoms with E-state index in [0.29, 0.717) is 23.0 Å². The van der Waals surface area contributed by atoms with E-state index in [9.17, 15) is 0 Å². The zero-order valence-electron chi connectivity index (χ0n) is 32.0. The average Bonchev–Trinajstić information content (AvgIpc) is 3.28. The van der Waals surface area contributed by atoms with Gasteiger partial charge in [-0.15, -0.1) is 0 Å². The first-order valence-electron chi connectivity index (χ1n) is 18.1. The predicted octanol–water partition coefficient (Wildman–Crippen LogP) is 14.8. The van der Waals surface area contributed by atoms with Crippen molar-refractivity contribution in [1.82, 2.24) is 0 Å². The molecule has 0 saturated carbocycles. The van der Waals surface area contributed by atoms with Crippen LogP contribution >= 0.6 is 16.8 Å². The standard InChI is InChI=1S/C46H46O6P2/c1-31-27-37-38-28-32(2)30-40(46(6,7)8)44(38)52-54(51-43(37)39(29-31)45(3,4)5)50-42-26-18-16-24-36(42)35-23-15-17-25-41(35)49-53(47-33-19-11-9-12-20-33)48-34-21-13-10-14-22-34/h9-30H,1-8H3. The molecule has 54 heavy (non-hydrogen) atoms. The summed E-state index contributed by atoms with van der Waals surface area (Å²) in [6.07, 6.45) is 0. The van der Waals surface area contributed by atoms with E-state index in [1.165, 1.54) is 0 Å². The smallest absolute Gasteiger partial charge is 0.409 e. The summed E-state index contributed by atoms with van der Waals surface area (Å²) in [7, 11) is -3.88. The van der Waals surface area contributed by atoms with Crippen LogP contribution in [-0.2, 0) is 10.8 Å². The van der Waals surface area contributed by atoms with E-state index in [2.05, 4.69) is 79.7 Å². The summed E-state index contributed by atoms with van der Waals surface area (Å²) in [5, 5.41) is 2.02. The minimum Gasteiger partial charge on any atom is -0.409 e. The Bertz CT molecular complexity index is 2320. The first kappa shape index (κ1) is 37.2. The number of para-hydroxylation sites is 4. The maximum absolute atomic E-state index is 6.93. The summed E-state index contributed by atoms with van der Waals surface area (Å²) in [5.41, 5.74) is 7.30. The van der Waals surface area contributed by atoms with Gasteiger partial charge in [-0.2, -0.15) is 0 Å². The molecule has 276 valence electrons. The molecule has 7 aromatic rings. The van der Waals surface area contributed by atoms with Gasteiger partial charge >= 0.3 is 16.8 Å². The zero-order chi connectivity index (χ0) is 38.0. The molecule has 0 amide bonds. The molecular weight excluding hydrogens is 710 g/mol. The molecule has 0 bridgehead atoms. The molecule has 0 spiro atoms.